The lowest BCUT2D eigenvalue weighted by Crippen LogP contribution is -3.00. The fourth-order valence-corrected chi connectivity index (χ4v) is 4.68. The molecule has 10 heteroatoms. The number of carbonyl (C=O) groups is 1. The Labute approximate surface area is 245 Å². The van der Waals surface area contributed by atoms with Crippen LogP contribution in [0.15, 0.2) is 79.4 Å². The van der Waals surface area contributed by atoms with E-state index in [9.17, 15) is 4.79 Å². The molecule has 0 saturated carbocycles. The number of Topliss-reactive ketones (excluding diaryl/α,β-unsaturated/α-hetero) is 1. The summed E-state index contributed by atoms with van der Waals surface area (Å²) < 4.78 is 10.0. The first-order chi connectivity index (χ1) is 16.8. The van der Waals surface area contributed by atoms with E-state index in [2.05, 4.69) is 0 Å². The highest BCUT2D eigenvalue weighted by molar-refractivity contribution is 6.35. The first kappa shape index (κ1) is 29.0. The Morgan fingerprint density at radius 3 is 2.17 bits per heavy atom. The Bertz CT molecular complexity index is 1340. The molecule has 0 spiro atoms. The molecule has 0 bridgehead atoms. The summed E-state index contributed by atoms with van der Waals surface area (Å²) in [5, 5.41) is 2.71. The van der Waals surface area contributed by atoms with Crippen LogP contribution in [0.5, 0.6) is 0 Å². The van der Waals surface area contributed by atoms with Crippen LogP contribution in [0.4, 0.5) is 0 Å². The van der Waals surface area contributed by atoms with Gasteiger partial charge < -0.3 is 21.7 Å². The van der Waals surface area contributed by atoms with Gasteiger partial charge in [-0.3, -0.25) is 4.79 Å². The second kappa shape index (κ2) is 13.3. The molecule has 188 valence electrons. The maximum Gasteiger partial charge on any atom is 0.244 e. The molecule has 3 aromatic carbocycles. The van der Waals surface area contributed by atoms with Gasteiger partial charge in [0.2, 0.25) is 12.1 Å². The van der Waals surface area contributed by atoms with Crippen molar-refractivity contribution in [2.24, 2.45) is 0 Å². The van der Waals surface area contributed by atoms with Crippen molar-refractivity contribution in [2.75, 3.05) is 0 Å². The number of benzene rings is 3. The molecule has 0 amide bonds. The zero-order chi connectivity index (χ0) is 24.9. The second-order valence-electron chi connectivity index (χ2n) is 7.91. The van der Waals surface area contributed by atoms with Crippen LogP contribution in [0.1, 0.15) is 27.6 Å². The number of halogens is 6. The summed E-state index contributed by atoms with van der Waals surface area (Å²) in [7, 11) is 0. The third-order valence-corrected chi connectivity index (χ3v) is 6.78. The van der Waals surface area contributed by atoms with E-state index in [0.29, 0.717) is 37.2 Å². The fraction of sp³-hybridized carbons (Fsp3) is 0.154. The highest BCUT2D eigenvalue weighted by Crippen LogP contribution is 2.31. The number of carbonyl (C=O) groups excluding carboxylic acids is 1. The van der Waals surface area contributed by atoms with Crippen LogP contribution in [-0.4, -0.2) is 10.4 Å². The minimum absolute atomic E-state index is 0. The van der Waals surface area contributed by atoms with Crippen molar-refractivity contribution in [1.29, 1.82) is 0 Å². The van der Waals surface area contributed by atoms with Crippen molar-refractivity contribution in [3.05, 3.63) is 121 Å². The molecule has 1 atom stereocenters. The monoisotopic (exact) mass is 646 g/mol. The summed E-state index contributed by atoms with van der Waals surface area (Å²) in [5.41, 5.74) is 2.20. The minimum atomic E-state index is -0.403. The molecule has 0 fully saturated rings. The summed E-state index contributed by atoms with van der Waals surface area (Å²) in [5.74, 6) is -0.0182. The molecular weight excluding hydrogens is 629 g/mol. The average molecular weight is 650 g/mol. The zero-order valence-corrected chi connectivity index (χ0v) is 24.0. The minimum Gasteiger partial charge on any atom is -1.00 e. The summed E-state index contributed by atoms with van der Waals surface area (Å²) in [6.07, 6.45) is 5.16. The van der Waals surface area contributed by atoms with E-state index in [1.165, 1.54) is 0 Å². The Balaban J connectivity index is 0.00000361. The van der Waals surface area contributed by atoms with E-state index in [0.717, 1.165) is 11.1 Å². The van der Waals surface area contributed by atoms with Gasteiger partial charge in [0.05, 0.1) is 6.61 Å². The number of hydrogen-bond donors (Lipinski definition) is 0. The normalized spacial score (nSPS) is 11.7. The molecule has 0 aliphatic rings. The molecule has 36 heavy (non-hydrogen) atoms. The third-order valence-electron chi connectivity index (χ3n) is 5.38. The second-order valence-corrected chi connectivity index (χ2v) is 10.0. The van der Waals surface area contributed by atoms with Crippen molar-refractivity contribution in [3.8, 4) is 0 Å². The molecule has 0 radical (unpaired) electrons. The first-order valence-corrected chi connectivity index (χ1v) is 12.5. The van der Waals surface area contributed by atoms with Crippen LogP contribution in [0.2, 0.25) is 25.1 Å². The number of aromatic nitrogens is 2. The van der Waals surface area contributed by atoms with Crippen molar-refractivity contribution in [3.63, 3.8) is 0 Å². The molecular formula is C26H20BrCl5N2O2. The van der Waals surface area contributed by atoms with Crippen LogP contribution in [-0.2, 0) is 24.4 Å². The van der Waals surface area contributed by atoms with Crippen LogP contribution < -0.4 is 21.5 Å². The number of imidazole rings is 1. The Morgan fingerprint density at radius 2 is 1.50 bits per heavy atom. The lowest BCUT2D eigenvalue weighted by molar-refractivity contribution is -0.682. The molecule has 0 N–H and O–H groups in total. The van der Waals surface area contributed by atoms with Crippen molar-refractivity contribution >= 4 is 63.8 Å². The van der Waals surface area contributed by atoms with Gasteiger partial charge in [-0.25, -0.2) is 9.13 Å². The largest absolute Gasteiger partial charge is 1.00 e. The Hall–Kier alpha value is -1.57. The maximum atomic E-state index is 12.6. The Morgan fingerprint density at radius 1 is 0.861 bits per heavy atom. The summed E-state index contributed by atoms with van der Waals surface area (Å²) in [4.78, 5) is 12.6. The highest BCUT2D eigenvalue weighted by atomic mass is 79.9. The first-order valence-electron chi connectivity index (χ1n) is 10.6. The quantitative estimate of drug-likeness (QED) is 0.191. The van der Waals surface area contributed by atoms with E-state index >= 15 is 0 Å². The topological polar surface area (TPSA) is 35.1 Å². The van der Waals surface area contributed by atoms with E-state index in [1.54, 1.807) is 48.5 Å². The van der Waals surface area contributed by atoms with Crippen molar-refractivity contribution in [2.45, 2.75) is 25.8 Å². The van der Waals surface area contributed by atoms with Gasteiger partial charge in [0, 0.05) is 36.2 Å². The highest BCUT2D eigenvalue weighted by Gasteiger charge is 2.21. The molecule has 0 aliphatic carbocycles. The predicted molar refractivity (Wildman–Crippen MR) is 141 cm³/mol. The number of ether oxygens (including phenoxy) is 1. The molecule has 4 aromatic rings. The number of ketones is 1. The lowest BCUT2D eigenvalue weighted by atomic mass is 10.1. The predicted octanol–water partition coefficient (Wildman–Crippen LogP) is 4.89. The van der Waals surface area contributed by atoms with E-state index in [4.69, 9.17) is 62.7 Å². The zero-order valence-electron chi connectivity index (χ0n) is 18.7. The van der Waals surface area contributed by atoms with Gasteiger partial charge in [0.1, 0.15) is 25.0 Å². The van der Waals surface area contributed by atoms with Gasteiger partial charge in [-0.1, -0.05) is 70.1 Å². The molecule has 1 heterocycles. The van der Waals surface area contributed by atoms with Gasteiger partial charge in [-0.15, -0.1) is 0 Å². The molecule has 0 aliphatic heterocycles. The van der Waals surface area contributed by atoms with E-state index in [-0.39, 0.29) is 35.9 Å². The standard InChI is InChI=1S/C26H20Cl5N2O2.BrH/c27-19-4-1-17(2-5-19)25(34)13-32-9-10-33(16-32)14-26(22-8-7-21(29)12-24(22)31)35-15-18-3-6-20(28)11-23(18)30;/h1-12,16,26H,13-15H2;1H/q+1;/p-1. The number of nitrogens with zero attached hydrogens (tertiary/aromatic N) is 2. The Kier molecular flexibility index (Phi) is 10.7. The van der Waals surface area contributed by atoms with E-state index < -0.39 is 6.10 Å². The van der Waals surface area contributed by atoms with Gasteiger partial charge in [0.15, 0.2) is 6.54 Å². The summed E-state index contributed by atoms with van der Waals surface area (Å²) in [6.45, 7) is 0.910. The third kappa shape index (κ3) is 7.72. The molecule has 1 unspecified atom stereocenters. The van der Waals surface area contributed by atoms with Gasteiger partial charge in [-0.2, -0.15) is 0 Å². The van der Waals surface area contributed by atoms with E-state index in [1.807, 2.05) is 40.0 Å². The molecule has 0 saturated heterocycles. The summed E-state index contributed by atoms with van der Waals surface area (Å²) in [6, 6.07) is 17.4. The number of rotatable bonds is 9. The van der Waals surface area contributed by atoms with Gasteiger partial charge >= 0.3 is 0 Å². The lowest BCUT2D eigenvalue weighted by Gasteiger charge is -2.19. The van der Waals surface area contributed by atoms with Crippen LogP contribution >= 0.6 is 58.0 Å². The van der Waals surface area contributed by atoms with Crippen molar-refractivity contribution < 1.29 is 31.1 Å². The van der Waals surface area contributed by atoms with Crippen LogP contribution in [0.3, 0.4) is 0 Å². The fourth-order valence-electron chi connectivity index (χ4n) is 3.56. The molecule has 4 rings (SSSR count). The van der Waals surface area contributed by atoms with Gasteiger partial charge in [0.25, 0.3) is 0 Å². The number of hydrogen-bond acceptors (Lipinski definition) is 2. The van der Waals surface area contributed by atoms with Gasteiger partial charge in [-0.05, 0) is 54.1 Å². The average Bonchev–Trinajstić information content (AvgIpc) is 3.25. The SMILES string of the molecule is O=C(C[n+]1ccn(CC(OCc2ccc(Cl)cc2Cl)c2ccc(Cl)cc2Cl)c1)c1ccc(Cl)cc1.[Br-]. The molecule has 4 nitrogen and oxygen atoms in total. The van der Waals surface area contributed by atoms with Crippen LogP contribution in [0.25, 0.3) is 0 Å². The summed E-state index contributed by atoms with van der Waals surface area (Å²) >= 11 is 30.9. The van der Waals surface area contributed by atoms with Crippen molar-refractivity contribution in [1.82, 2.24) is 4.57 Å². The maximum absolute atomic E-state index is 12.6. The van der Waals surface area contributed by atoms with Crippen LogP contribution in [0, 0.1) is 0 Å². The molecule has 1 aromatic heterocycles. The smallest absolute Gasteiger partial charge is 0.244 e.